The van der Waals surface area contributed by atoms with E-state index in [1.165, 1.54) is 6.08 Å². The second kappa shape index (κ2) is 12.9. The molecule has 0 heterocycles. The average molecular weight is 472 g/mol. The largest absolute Gasteiger partial charge is 0.479 e. The number of carbonyl (C=O) groups excluding carboxylic acids is 2. The highest BCUT2D eigenvalue weighted by molar-refractivity contribution is 5.92. The van der Waals surface area contributed by atoms with Crippen LogP contribution in [0.1, 0.15) is 16.7 Å². The van der Waals surface area contributed by atoms with Gasteiger partial charge in [-0.25, -0.2) is 4.79 Å². The molecule has 0 spiro atoms. The van der Waals surface area contributed by atoms with E-state index in [1.54, 1.807) is 6.08 Å². The molecule has 2 amide bonds. The van der Waals surface area contributed by atoms with Crippen molar-refractivity contribution >= 4 is 23.9 Å². The van der Waals surface area contributed by atoms with E-state index in [0.717, 1.165) is 16.7 Å². The number of carboxylic acid groups (broad SMARTS) is 1. The van der Waals surface area contributed by atoms with Crippen molar-refractivity contribution in [2.24, 2.45) is 5.73 Å². The highest BCUT2D eigenvalue weighted by Crippen LogP contribution is 2.07. The molecule has 0 saturated heterocycles. The van der Waals surface area contributed by atoms with Gasteiger partial charge in [-0.3, -0.25) is 9.59 Å². The van der Waals surface area contributed by atoms with Gasteiger partial charge in [-0.1, -0.05) is 103 Å². The van der Waals surface area contributed by atoms with Crippen LogP contribution in [0.25, 0.3) is 6.08 Å². The molecular weight excluding hydrogens is 442 g/mol. The summed E-state index contributed by atoms with van der Waals surface area (Å²) in [7, 11) is 0. The Morgan fingerprint density at radius 2 is 1.26 bits per heavy atom. The van der Waals surface area contributed by atoms with Crippen LogP contribution in [0, 0.1) is 0 Å². The maximum Gasteiger partial charge on any atom is 0.330 e. The van der Waals surface area contributed by atoms with Gasteiger partial charge in [-0.2, -0.15) is 0 Å². The Morgan fingerprint density at radius 1 is 0.743 bits per heavy atom. The zero-order valence-electron chi connectivity index (χ0n) is 19.2. The monoisotopic (exact) mass is 471 g/mol. The van der Waals surface area contributed by atoms with Crippen LogP contribution >= 0.6 is 0 Å². The second-order valence-corrected chi connectivity index (χ2v) is 8.14. The zero-order valence-corrected chi connectivity index (χ0v) is 19.2. The number of aliphatic carboxylic acids is 1. The van der Waals surface area contributed by atoms with Gasteiger partial charge in [0, 0.05) is 6.42 Å². The molecule has 0 aliphatic rings. The minimum absolute atomic E-state index is 0.186. The summed E-state index contributed by atoms with van der Waals surface area (Å²) in [4.78, 5) is 37.8. The molecule has 0 aliphatic heterocycles. The molecule has 35 heavy (non-hydrogen) atoms. The van der Waals surface area contributed by atoms with E-state index in [0.29, 0.717) is 6.42 Å². The molecule has 7 nitrogen and oxygen atoms in total. The molecule has 0 saturated carbocycles. The summed E-state index contributed by atoms with van der Waals surface area (Å²) in [6.07, 6.45) is 3.52. The van der Waals surface area contributed by atoms with Crippen LogP contribution < -0.4 is 16.4 Å². The number of nitrogens with two attached hydrogens (primary N) is 1. The summed E-state index contributed by atoms with van der Waals surface area (Å²) in [6.45, 7) is 0. The highest BCUT2D eigenvalue weighted by atomic mass is 16.4. The molecule has 0 radical (unpaired) electrons. The van der Waals surface area contributed by atoms with Crippen LogP contribution in [0.2, 0.25) is 0 Å². The summed E-state index contributed by atoms with van der Waals surface area (Å²) >= 11 is 0. The number of hydrogen-bond acceptors (Lipinski definition) is 4. The third-order valence-electron chi connectivity index (χ3n) is 5.40. The van der Waals surface area contributed by atoms with E-state index in [4.69, 9.17) is 5.73 Å². The quantitative estimate of drug-likeness (QED) is 0.342. The second-order valence-electron chi connectivity index (χ2n) is 8.14. The van der Waals surface area contributed by atoms with Gasteiger partial charge in [-0.05, 0) is 23.1 Å². The summed E-state index contributed by atoms with van der Waals surface area (Å²) < 4.78 is 0. The number of benzene rings is 3. The Bertz CT molecular complexity index is 1130. The van der Waals surface area contributed by atoms with Crippen molar-refractivity contribution in [3.63, 3.8) is 0 Å². The van der Waals surface area contributed by atoms with E-state index < -0.39 is 35.9 Å². The van der Waals surface area contributed by atoms with Gasteiger partial charge in [0.15, 0.2) is 0 Å². The van der Waals surface area contributed by atoms with Crippen molar-refractivity contribution in [1.29, 1.82) is 0 Å². The first-order chi connectivity index (χ1) is 16.9. The molecule has 3 rings (SSSR count). The van der Waals surface area contributed by atoms with Crippen LogP contribution in [0.15, 0.2) is 97.1 Å². The fourth-order valence-electron chi connectivity index (χ4n) is 3.52. The molecule has 0 fully saturated rings. The maximum atomic E-state index is 13.1. The van der Waals surface area contributed by atoms with Crippen molar-refractivity contribution < 1.29 is 19.5 Å². The predicted octanol–water partition coefficient (Wildman–Crippen LogP) is 2.57. The molecular formula is C28H29N3O4. The fraction of sp³-hybridized carbons (Fsp3) is 0.179. The summed E-state index contributed by atoms with van der Waals surface area (Å²) in [6, 6.07) is 24.6. The summed E-state index contributed by atoms with van der Waals surface area (Å²) in [5, 5.41) is 14.9. The number of carboxylic acids is 1. The van der Waals surface area contributed by atoms with Gasteiger partial charge in [0.2, 0.25) is 11.8 Å². The summed E-state index contributed by atoms with van der Waals surface area (Å²) in [5.74, 6) is -2.31. The fourth-order valence-corrected chi connectivity index (χ4v) is 3.52. The molecule has 5 N–H and O–H groups in total. The lowest BCUT2D eigenvalue weighted by molar-refractivity contribution is -0.140. The van der Waals surface area contributed by atoms with E-state index in [2.05, 4.69) is 10.6 Å². The van der Waals surface area contributed by atoms with E-state index in [9.17, 15) is 19.5 Å². The predicted molar refractivity (Wildman–Crippen MR) is 135 cm³/mol. The number of hydrogen-bond donors (Lipinski definition) is 4. The third-order valence-corrected chi connectivity index (χ3v) is 5.40. The maximum absolute atomic E-state index is 13.1. The summed E-state index contributed by atoms with van der Waals surface area (Å²) in [5.41, 5.74) is 8.62. The smallest absolute Gasteiger partial charge is 0.330 e. The van der Waals surface area contributed by atoms with Crippen molar-refractivity contribution in [3.05, 3.63) is 114 Å². The van der Waals surface area contributed by atoms with Gasteiger partial charge in [0.1, 0.15) is 12.1 Å². The van der Waals surface area contributed by atoms with Gasteiger partial charge in [0.05, 0.1) is 6.04 Å². The minimum Gasteiger partial charge on any atom is -0.479 e. The lowest BCUT2D eigenvalue weighted by Crippen LogP contribution is -2.55. The van der Waals surface area contributed by atoms with Gasteiger partial charge >= 0.3 is 5.97 Å². The van der Waals surface area contributed by atoms with Crippen molar-refractivity contribution in [3.8, 4) is 0 Å². The molecule has 0 aliphatic carbocycles. The van der Waals surface area contributed by atoms with Crippen LogP contribution in [-0.4, -0.2) is 41.0 Å². The van der Waals surface area contributed by atoms with Crippen LogP contribution in [0.3, 0.4) is 0 Å². The number of rotatable bonds is 11. The SMILES string of the molecule is N[C@H](Cc1ccccc1)C(=O)N[C@@H](Cc1ccccc1)C(=O)N[C@@H](/C=C/c1ccccc1)C(=O)O. The molecule has 3 aromatic rings. The molecule has 0 aromatic heterocycles. The lowest BCUT2D eigenvalue weighted by atomic mass is 10.0. The van der Waals surface area contributed by atoms with Crippen LogP contribution in [0.5, 0.6) is 0 Å². The van der Waals surface area contributed by atoms with Crippen molar-refractivity contribution in [2.45, 2.75) is 31.0 Å². The van der Waals surface area contributed by atoms with Crippen LogP contribution in [-0.2, 0) is 27.2 Å². The zero-order chi connectivity index (χ0) is 25.0. The highest BCUT2D eigenvalue weighted by Gasteiger charge is 2.27. The third kappa shape index (κ3) is 8.24. The standard InChI is InChI=1S/C28H29N3O4/c29-23(18-21-12-6-2-7-13-21)26(32)31-25(19-22-14-8-3-9-15-22)27(33)30-24(28(34)35)17-16-20-10-4-1-5-11-20/h1-17,23-25H,18-19,29H2,(H,30,33)(H,31,32)(H,34,35)/b17-16+/t23-,24+,25+/m1/s1. The Balaban J connectivity index is 1.73. The van der Waals surface area contributed by atoms with Crippen LogP contribution in [0.4, 0.5) is 0 Å². The van der Waals surface area contributed by atoms with Gasteiger partial charge < -0.3 is 21.5 Å². The molecule has 3 atom stereocenters. The van der Waals surface area contributed by atoms with Crippen molar-refractivity contribution in [2.75, 3.05) is 0 Å². The normalized spacial score (nSPS) is 13.5. The number of carbonyl (C=O) groups is 3. The number of nitrogens with one attached hydrogen (secondary N) is 2. The lowest BCUT2D eigenvalue weighted by Gasteiger charge is -2.22. The first-order valence-electron chi connectivity index (χ1n) is 11.3. The Kier molecular flexibility index (Phi) is 9.33. The van der Waals surface area contributed by atoms with E-state index in [1.807, 2.05) is 91.0 Å². The number of amides is 2. The van der Waals surface area contributed by atoms with Gasteiger partial charge in [0.25, 0.3) is 0 Å². The first kappa shape index (κ1) is 25.4. The van der Waals surface area contributed by atoms with E-state index in [-0.39, 0.29) is 6.42 Å². The topological polar surface area (TPSA) is 122 Å². The molecule has 0 unspecified atom stereocenters. The molecule has 180 valence electrons. The first-order valence-corrected chi connectivity index (χ1v) is 11.3. The van der Waals surface area contributed by atoms with Gasteiger partial charge in [-0.15, -0.1) is 0 Å². The average Bonchev–Trinajstić information content (AvgIpc) is 2.87. The Hall–Kier alpha value is -4.23. The Morgan fingerprint density at radius 3 is 1.80 bits per heavy atom. The molecule has 0 bridgehead atoms. The van der Waals surface area contributed by atoms with Crippen molar-refractivity contribution in [1.82, 2.24) is 10.6 Å². The van der Waals surface area contributed by atoms with E-state index >= 15 is 0 Å². The molecule has 3 aromatic carbocycles. The molecule has 7 heteroatoms. The minimum atomic E-state index is -1.27. The Labute approximate surface area is 204 Å².